The van der Waals surface area contributed by atoms with Crippen LogP contribution in [-0.2, 0) is 4.74 Å². The van der Waals surface area contributed by atoms with Crippen molar-refractivity contribution in [3.05, 3.63) is 0 Å². The molecule has 2 rings (SSSR count). The van der Waals surface area contributed by atoms with Crippen LogP contribution in [-0.4, -0.2) is 55.5 Å². The molecule has 4 heteroatoms. The Bertz CT molecular complexity index is 147. The molecule has 2 aliphatic rings. The summed E-state index contributed by atoms with van der Waals surface area (Å²) in [5.41, 5.74) is 0. The molecular weight excluding hydrogens is 159 g/mol. The van der Waals surface area contributed by atoms with E-state index in [1.807, 2.05) is 0 Å². The molecule has 0 radical (unpaired) electrons. The Hall–Kier alpha value is -0.190. The van der Waals surface area contributed by atoms with Crippen molar-refractivity contribution in [2.24, 2.45) is 0 Å². The highest BCUT2D eigenvalue weighted by Crippen LogP contribution is 2.16. The fraction of sp³-hybridized carbons (Fsp3) is 1.00. The third-order valence-electron chi connectivity index (χ3n) is 2.68. The molecule has 12 heavy (non-hydrogen) atoms. The summed E-state index contributed by atoms with van der Waals surface area (Å²) in [6, 6.07) is 0.430. The van der Waals surface area contributed by atoms with Crippen LogP contribution in [0.4, 0.5) is 4.48 Å². The Kier molecular flexibility index (Phi) is 2.58. The number of morpholine rings is 1. The Morgan fingerprint density at radius 1 is 1.17 bits per heavy atom. The van der Waals surface area contributed by atoms with Gasteiger partial charge in [0.15, 0.2) is 0 Å². The first kappa shape index (κ1) is 8.41. The summed E-state index contributed by atoms with van der Waals surface area (Å²) in [5.74, 6) is 0. The summed E-state index contributed by atoms with van der Waals surface area (Å²) in [4.78, 5) is 2.34. The first-order chi connectivity index (χ1) is 5.86. The van der Waals surface area contributed by atoms with E-state index in [0.29, 0.717) is 19.1 Å². The molecule has 0 aromatic rings. The van der Waals surface area contributed by atoms with Crippen molar-refractivity contribution >= 4 is 0 Å². The van der Waals surface area contributed by atoms with Gasteiger partial charge in [0.2, 0.25) is 0 Å². The van der Waals surface area contributed by atoms with Gasteiger partial charge in [-0.25, -0.2) is 0 Å². The smallest absolute Gasteiger partial charge is 0.0594 e. The summed E-state index contributed by atoms with van der Waals surface area (Å²) in [6.07, 6.45) is 0.969. The standard InChI is InChI=1S/C8H15FN2O/c9-11-2-1-8(7-11)10-3-5-12-6-4-10/h8H,1-7H2. The summed E-state index contributed by atoms with van der Waals surface area (Å²) >= 11 is 0. The van der Waals surface area contributed by atoms with Crippen molar-refractivity contribution in [1.29, 1.82) is 0 Å². The molecule has 2 saturated heterocycles. The van der Waals surface area contributed by atoms with Crippen LogP contribution >= 0.6 is 0 Å². The number of hydrogen-bond acceptors (Lipinski definition) is 3. The topological polar surface area (TPSA) is 15.7 Å². The van der Waals surface area contributed by atoms with Crippen molar-refractivity contribution in [2.45, 2.75) is 12.5 Å². The lowest BCUT2D eigenvalue weighted by atomic mass is 10.2. The second kappa shape index (κ2) is 3.68. The largest absolute Gasteiger partial charge is 0.379 e. The predicted molar refractivity (Wildman–Crippen MR) is 43.5 cm³/mol. The van der Waals surface area contributed by atoms with Crippen LogP contribution in [0.2, 0.25) is 0 Å². The Morgan fingerprint density at radius 2 is 1.92 bits per heavy atom. The molecule has 70 valence electrons. The molecule has 0 aliphatic carbocycles. The molecule has 0 saturated carbocycles. The van der Waals surface area contributed by atoms with Gasteiger partial charge in [0.05, 0.1) is 13.2 Å². The monoisotopic (exact) mass is 174 g/mol. The van der Waals surface area contributed by atoms with Crippen molar-refractivity contribution < 1.29 is 9.22 Å². The van der Waals surface area contributed by atoms with Gasteiger partial charge in [-0.3, -0.25) is 4.90 Å². The zero-order valence-corrected chi connectivity index (χ0v) is 7.21. The van der Waals surface area contributed by atoms with Gasteiger partial charge in [-0.05, 0) is 6.42 Å². The average Bonchev–Trinajstić information content (AvgIpc) is 2.54. The molecule has 3 nitrogen and oxygen atoms in total. The third-order valence-corrected chi connectivity index (χ3v) is 2.68. The Morgan fingerprint density at radius 3 is 2.50 bits per heavy atom. The minimum atomic E-state index is 0.430. The van der Waals surface area contributed by atoms with Gasteiger partial charge in [0.25, 0.3) is 0 Å². The van der Waals surface area contributed by atoms with Gasteiger partial charge < -0.3 is 4.74 Å². The number of nitrogens with zero attached hydrogens (tertiary/aromatic N) is 2. The van der Waals surface area contributed by atoms with Gasteiger partial charge in [-0.1, -0.05) is 0 Å². The number of rotatable bonds is 1. The molecule has 2 heterocycles. The van der Waals surface area contributed by atoms with E-state index in [1.165, 1.54) is 0 Å². The lowest BCUT2D eigenvalue weighted by molar-refractivity contribution is 0.00466. The van der Waals surface area contributed by atoms with Crippen LogP contribution in [0.25, 0.3) is 0 Å². The van der Waals surface area contributed by atoms with Gasteiger partial charge in [-0.2, -0.15) is 0 Å². The summed E-state index contributed by atoms with van der Waals surface area (Å²) in [7, 11) is 0. The van der Waals surface area contributed by atoms with Crippen molar-refractivity contribution in [3.63, 3.8) is 0 Å². The molecule has 0 spiro atoms. The summed E-state index contributed by atoms with van der Waals surface area (Å²) < 4.78 is 17.9. The zero-order chi connectivity index (χ0) is 8.39. The maximum Gasteiger partial charge on any atom is 0.0594 e. The molecule has 0 aromatic carbocycles. The van der Waals surface area contributed by atoms with Crippen LogP contribution in [0.15, 0.2) is 0 Å². The minimum absolute atomic E-state index is 0.430. The second-order valence-corrected chi connectivity index (χ2v) is 3.46. The average molecular weight is 174 g/mol. The fourth-order valence-corrected chi connectivity index (χ4v) is 1.94. The minimum Gasteiger partial charge on any atom is -0.379 e. The first-order valence-electron chi connectivity index (χ1n) is 4.59. The molecule has 0 amide bonds. The summed E-state index contributed by atoms with van der Waals surface area (Å²) in [6.45, 7) is 4.74. The van der Waals surface area contributed by atoms with E-state index in [1.54, 1.807) is 0 Å². The Labute approximate surface area is 72.0 Å². The lowest BCUT2D eigenvalue weighted by Crippen LogP contribution is -2.44. The molecular formula is C8H15FN2O. The van der Waals surface area contributed by atoms with E-state index in [9.17, 15) is 4.48 Å². The number of halogens is 1. The van der Waals surface area contributed by atoms with Crippen molar-refractivity contribution in [1.82, 2.24) is 10.0 Å². The van der Waals surface area contributed by atoms with Crippen LogP contribution < -0.4 is 0 Å². The lowest BCUT2D eigenvalue weighted by Gasteiger charge is -2.31. The normalized spacial score (nSPS) is 34.2. The second-order valence-electron chi connectivity index (χ2n) is 3.46. The first-order valence-corrected chi connectivity index (χ1v) is 4.59. The van der Waals surface area contributed by atoms with E-state index in [2.05, 4.69) is 4.90 Å². The number of ether oxygens (including phenoxy) is 1. The quantitative estimate of drug-likeness (QED) is 0.531. The Balaban J connectivity index is 1.83. The molecule has 1 unspecified atom stereocenters. The zero-order valence-electron chi connectivity index (χ0n) is 7.21. The van der Waals surface area contributed by atoms with Gasteiger partial charge in [-0.15, -0.1) is 9.60 Å². The van der Waals surface area contributed by atoms with Crippen molar-refractivity contribution in [3.8, 4) is 0 Å². The molecule has 1 atom stereocenters. The SMILES string of the molecule is FN1CCC(N2CCOCC2)C1. The predicted octanol–water partition coefficient (Wildman–Crippen LogP) is 0.277. The fourth-order valence-electron chi connectivity index (χ4n) is 1.94. The van der Waals surface area contributed by atoms with E-state index in [0.717, 1.165) is 37.8 Å². The van der Waals surface area contributed by atoms with Crippen LogP contribution in [0.5, 0.6) is 0 Å². The molecule has 0 bridgehead atoms. The van der Waals surface area contributed by atoms with E-state index in [-0.39, 0.29) is 0 Å². The van der Waals surface area contributed by atoms with Crippen LogP contribution in [0.1, 0.15) is 6.42 Å². The highest BCUT2D eigenvalue weighted by Gasteiger charge is 2.28. The molecule has 0 N–H and O–H groups in total. The molecule has 2 aliphatic heterocycles. The maximum atomic E-state index is 12.7. The van der Waals surface area contributed by atoms with E-state index >= 15 is 0 Å². The third kappa shape index (κ3) is 1.76. The van der Waals surface area contributed by atoms with Gasteiger partial charge >= 0.3 is 0 Å². The van der Waals surface area contributed by atoms with Gasteiger partial charge in [0, 0.05) is 32.2 Å². The highest BCUT2D eigenvalue weighted by molar-refractivity contribution is 4.81. The number of hydrogen-bond donors (Lipinski definition) is 0. The molecule has 0 aromatic heterocycles. The maximum absolute atomic E-state index is 12.7. The molecule has 2 fully saturated rings. The summed E-state index contributed by atoms with van der Waals surface area (Å²) in [5, 5.41) is 0.917. The van der Waals surface area contributed by atoms with E-state index < -0.39 is 0 Å². The van der Waals surface area contributed by atoms with Crippen LogP contribution in [0.3, 0.4) is 0 Å². The van der Waals surface area contributed by atoms with Crippen molar-refractivity contribution in [2.75, 3.05) is 39.4 Å². The van der Waals surface area contributed by atoms with Gasteiger partial charge in [0.1, 0.15) is 0 Å². The highest BCUT2D eigenvalue weighted by atomic mass is 19.2. The van der Waals surface area contributed by atoms with E-state index in [4.69, 9.17) is 4.74 Å². The van der Waals surface area contributed by atoms with Crippen LogP contribution in [0, 0.1) is 0 Å².